The Labute approximate surface area is 120 Å². The van der Waals surface area contributed by atoms with Gasteiger partial charge in [0.15, 0.2) is 0 Å². The van der Waals surface area contributed by atoms with Gasteiger partial charge in [-0.2, -0.15) is 0 Å². The Bertz CT molecular complexity index is 233. The summed E-state index contributed by atoms with van der Waals surface area (Å²) < 4.78 is 6.07. The van der Waals surface area contributed by atoms with Gasteiger partial charge in [-0.05, 0) is 56.9 Å². The van der Waals surface area contributed by atoms with E-state index < -0.39 is 0 Å². The maximum atomic E-state index is 6.07. The van der Waals surface area contributed by atoms with Crippen molar-refractivity contribution < 1.29 is 4.74 Å². The second-order valence-electron chi connectivity index (χ2n) is 6.71. The Hall–Kier alpha value is -0.0800. The molecule has 0 aromatic rings. The maximum absolute atomic E-state index is 6.07. The Kier molecular flexibility index (Phi) is 7.38. The zero-order chi connectivity index (χ0) is 14.3. The fourth-order valence-electron chi connectivity index (χ4n) is 3.32. The van der Waals surface area contributed by atoms with Gasteiger partial charge < -0.3 is 10.1 Å². The van der Waals surface area contributed by atoms with Gasteiger partial charge in [-0.25, -0.2) is 0 Å². The molecule has 0 bridgehead atoms. The number of hydrogen-bond acceptors (Lipinski definition) is 2. The molecule has 2 unspecified atom stereocenters. The molecule has 1 saturated carbocycles. The SMILES string of the molecule is CCCNC(CC(C)CC)C1(OC)CCC(C)CC1. The van der Waals surface area contributed by atoms with E-state index in [0.29, 0.717) is 6.04 Å². The molecule has 0 saturated heterocycles. The first-order valence-electron chi connectivity index (χ1n) is 8.36. The summed E-state index contributed by atoms with van der Waals surface area (Å²) >= 11 is 0. The van der Waals surface area contributed by atoms with Crippen LogP contribution in [0.2, 0.25) is 0 Å². The standard InChI is InChI=1S/C17H35NO/c1-6-12-18-16(13-14(3)7-2)17(19-5)10-8-15(4)9-11-17/h14-16,18H,6-13H2,1-5H3. The molecule has 0 spiro atoms. The molecule has 0 amide bonds. The summed E-state index contributed by atoms with van der Waals surface area (Å²) in [7, 11) is 1.92. The van der Waals surface area contributed by atoms with E-state index in [4.69, 9.17) is 4.74 Å². The van der Waals surface area contributed by atoms with Crippen molar-refractivity contribution in [3.8, 4) is 0 Å². The molecule has 0 heterocycles. The average Bonchev–Trinajstić information content (AvgIpc) is 2.44. The van der Waals surface area contributed by atoms with Crippen LogP contribution in [0.25, 0.3) is 0 Å². The lowest BCUT2D eigenvalue weighted by Crippen LogP contribution is -2.54. The molecule has 1 aliphatic carbocycles. The van der Waals surface area contributed by atoms with Gasteiger partial charge in [0.25, 0.3) is 0 Å². The van der Waals surface area contributed by atoms with Crippen LogP contribution in [0.1, 0.15) is 72.6 Å². The highest BCUT2D eigenvalue weighted by Crippen LogP contribution is 2.38. The second-order valence-corrected chi connectivity index (χ2v) is 6.71. The van der Waals surface area contributed by atoms with Crippen LogP contribution < -0.4 is 5.32 Å². The maximum Gasteiger partial charge on any atom is 0.0831 e. The fraction of sp³-hybridized carbons (Fsp3) is 1.00. The monoisotopic (exact) mass is 269 g/mol. The van der Waals surface area contributed by atoms with Gasteiger partial charge in [-0.1, -0.05) is 34.1 Å². The Morgan fingerprint density at radius 3 is 2.37 bits per heavy atom. The first kappa shape index (κ1) is 17.0. The summed E-state index contributed by atoms with van der Waals surface area (Å²) in [5.41, 5.74) is 0.0884. The van der Waals surface area contributed by atoms with Crippen LogP contribution in [-0.4, -0.2) is 25.3 Å². The summed E-state index contributed by atoms with van der Waals surface area (Å²) in [6, 6.07) is 0.528. The highest BCUT2D eigenvalue weighted by Gasteiger charge is 2.41. The van der Waals surface area contributed by atoms with E-state index in [-0.39, 0.29) is 5.60 Å². The van der Waals surface area contributed by atoms with Gasteiger partial charge >= 0.3 is 0 Å². The van der Waals surface area contributed by atoms with E-state index in [1.54, 1.807) is 0 Å². The third-order valence-electron chi connectivity index (χ3n) is 5.14. The van der Waals surface area contributed by atoms with Crippen molar-refractivity contribution in [2.45, 2.75) is 84.3 Å². The highest BCUT2D eigenvalue weighted by molar-refractivity contribution is 4.97. The van der Waals surface area contributed by atoms with Crippen molar-refractivity contribution in [1.29, 1.82) is 0 Å². The molecule has 0 radical (unpaired) electrons. The predicted molar refractivity (Wildman–Crippen MR) is 83.5 cm³/mol. The van der Waals surface area contributed by atoms with Crippen LogP contribution in [0.15, 0.2) is 0 Å². The molecule has 2 nitrogen and oxygen atoms in total. The van der Waals surface area contributed by atoms with Crippen LogP contribution in [0, 0.1) is 11.8 Å². The van der Waals surface area contributed by atoms with E-state index in [1.165, 1.54) is 44.9 Å². The molecule has 1 rings (SSSR count). The minimum absolute atomic E-state index is 0.0884. The lowest BCUT2D eigenvalue weighted by molar-refractivity contribution is -0.0792. The van der Waals surface area contributed by atoms with E-state index >= 15 is 0 Å². The Balaban J connectivity index is 2.73. The third-order valence-corrected chi connectivity index (χ3v) is 5.14. The molecule has 0 aromatic heterocycles. The fourth-order valence-corrected chi connectivity index (χ4v) is 3.32. The number of nitrogens with one attached hydrogen (secondary N) is 1. The smallest absolute Gasteiger partial charge is 0.0831 e. The molecule has 114 valence electrons. The lowest BCUT2D eigenvalue weighted by atomic mass is 9.73. The van der Waals surface area contributed by atoms with Crippen LogP contribution >= 0.6 is 0 Å². The molecule has 1 N–H and O–H groups in total. The molecule has 0 aliphatic heterocycles. The van der Waals surface area contributed by atoms with Crippen molar-refractivity contribution in [2.75, 3.05) is 13.7 Å². The van der Waals surface area contributed by atoms with Crippen molar-refractivity contribution in [1.82, 2.24) is 5.32 Å². The van der Waals surface area contributed by atoms with Crippen molar-refractivity contribution in [3.63, 3.8) is 0 Å². The first-order valence-corrected chi connectivity index (χ1v) is 8.36. The summed E-state index contributed by atoms with van der Waals surface area (Å²) in [6.07, 6.45) is 8.80. The topological polar surface area (TPSA) is 21.3 Å². The lowest BCUT2D eigenvalue weighted by Gasteiger charge is -2.45. The molecule has 1 fully saturated rings. The normalized spacial score (nSPS) is 31.1. The summed E-state index contributed by atoms with van der Waals surface area (Å²) in [5, 5.41) is 3.79. The van der Waals surface area contributed by atoms with Gasteiger partial charge in [0.2, 0.25) is 0 Å². The summed E-state index contributed by atoms with van der Waals surface area (Å²) in [6.45, 7) is 10.4. The first-order chi connectivity index (χ1) is 9.07. The van der Waals surface area contributed by atoms with E-state index in [1.807, 2.05) is 7.11 Å². The average molecular weight is 269 g/mol. The Morgan fingerprint density at radius 1 is 1.26 bits per heavy atom. The van der Waals surface area contributed by atoms with Crippen LogP contribution in [0.3, 0.4) is 0 Å². The summed E-state index contributed by atoms with van der Waals surface area (Å²) in [4.78, 5) is 0. The quantitative estimate of drug-likeness (QED) is 0.706. The highest BCUT2D eigenvalue weighted by atomic mass is 16.5. The molecular formula is C17H35NO. The van der Waals surface area contributed by atoms with Crippen molar-refractivity contribution in [2.24, 2.45) is 11.8 Å². The largest absolute Gasteiger partial charge is 0.377 e. The minimum atomic E-state index is 0.0884. The number of methoxy groups -OCH3 is 1. The third kappa shape index (κ3) is 4.75. The van der Waals surface area contributed by atoms with E-state index in [9.17, 15) is 0 Å². The van der Waals surface area contributed by atoms with Gasteiger partial charge in [0.05, 0.1) is 5.60 Å². The number of rotatable bonds is 8. The number of hydrogen-bond donors (Lipinski definition) is 1. The van der Waals surface area contributed by atoms with E-state index in [2.05, 4.69) is 33.0 Å². The van der Waals surface area contributed by atoms with Crippen molar-refractivity contribution in [3.05, 3.63) is 0 Å². The van der Waals surface area contributed by atoms with Gasteiger partial charge in [0, 0.05) is 13.2 Å². The van der Waals surface area contributed by atoms with Crippen LogP contribution in [0.5, 0.6) is 0 Å². The molecular weight excluding hydrogens is 234 g/mol. The van der Waals surface area contributed by atoms with Crippen LogP contribution in [0.4, 0.5) is 0 Å². The van der Waals surface area contributed by atoms with Crippen LogP contribution in [-0.2, 0) is 4.74 Å². The van der Waals surface area contributed by atoms with E-state index in [0.717, 1.165) is 18.4 Å². The van der Waals surface area contributed by atoms with Crippen molar-refractivity contribution >= 4 is 0 Å². The molecule has 1 aliphatic rings. The van der Waals surface area contributed by atoms with Gasteiger partial charge in [-0.15, -0.1) is 0 Å². The Morgan fingerprint density at radius 2 is 1.89 bits per heavy atom. The molecule has 2 heteroatoms. The number of ether oxygens (including phenoxy) is 1. The molecule has 2 atom stereocenters. The second kappa shape index (κ2) is 8.26. The predicted octanol–water partition coefficient (Wildman–Crippen LogP) is 4.39. The van der Waals surface area contributed by atoms with Gasteiger partial charge in [-0.3, -0.25) is 0 Å². The molecule has 0 aromatic carbocycles. The molecule has 19 heavy (non-hydrogen) atoms. The van der Waals surface area contributed by atoms with Gasteiger partial charge in [0.1, 0.15) is 0 Å². The zero-order valence-electron chi connectivity index (χ0n) is 13.8. The minimum Gasteiger partial charge on any atom is -0.377 e. The zero-order valence-corrected chi connectivity index (χ0v) is 13.8. The summed E-state index contributed by atoms with van der Waals surface area (Å²) in [5.74, 6) is 1.65.